The van der Waals surface area contributed by atoms with Gasteiger partial charge in [0.1, 0.15) is 5.75 Å². The number of aliphatic hydroxyl groups is 1. The summed E-state index contributed by atoms with van der Waals surface area (Å²) < 4.78 is 0. The normalized spacial score (nSPS) is 18.6. The van der Waals surface area contributed by atoms with Gasteiger partial charge in [-0.25, -0.2) is 0 Å². The van der Waals surface area contributed by atoms with Crippen molar-refractivity contribution in [2.24, 2.45) is 0 Å². The van der Waals surface area contributed by atoms with Crippen LogP contribution in [-0.4, -0.2) is 10.2 Å². The first-order chi connectivity index (χ1) is 7.26. The highest BCUT2D eigenvalue weighted by molar-refractivity contribution is 5.52. The van der Waals surface area contributed by atoms with Crippen LogP contribution in [0.25, 0.3) is 0 Å². The summed E-state index contributed by atoms with van der Waals surface area (Å²) in [5, 5.41) is 20.5. The van der Waals surface area contributed by atoms with Crippen LogP contribution in [0.1, 0.15) is 50.3 Å². The van der Waals surface area contributed by atoms with Gasteiger partial charge in [0.05, 0.1) is 5.60 Å². The number of aromatic hydroxyl groups is 1. The lowest BCUT2D eigenvalue weighted by Gasteiger charge is -2.24. The fourth-order valence-electron chi connectivity index (χ4n) is 2.25. The van der Waals surface area contributed by atoms with E-state index in [4.69, 9.17) is 0 Å². The Morgan fingerprint density at radius 3 is 2.19 bits per heavy atom. The molecule has 2 N–H and O–H groups in total. The molecular formula is C14H20O2. The van der Waals surface area contributed by atoms with Crippen molar-refractivity contribution >= 4 is 0 Å². The quantitative estimate of drug-likeness (QED) is 0.764. The maximum atomic E-state index is 10.3. The van der Waals surface area contributed by atoms with Crippen molar-refractivity contribution in [3.05, 3.63) is 28.8 Å². The second kappa shape index (κ2) is 3.24. The molecule has 0 spiro atoms. The molecule has 0 unspecified atom stereocenters. The standard InChI is InChI=1S/C14H20O2/c1-9-5-6-10(13(2,3)4)12(15)11(9)14(16)7-8-14/h5-6,15-16H,7-8H2,1-4H3. The lowest BCUT2D eigenvalue weighted by atomic mass is 9.83. The number of rotatable bonds is 1. The maximum Gasteiger partial charge on any atom is 0.125 e. The molecule has 1 fully saturated rings. The molecule has 2 heteroatoms. The first-order valence-corrected chi connectivity index (χ1v) is 5.82. The van der Waals surface area contributed by atoms with Crippen LogP contribution in [0.3, 0.4) is 0 Å². The van der Waals surface area contributed by atoms with Crippen LogP contribution in [0.15, 0.2) is 12.1 Å². The minimum absolute atomic E-state index is 0.0994. The number of benzene rings is 1. The van der Waals surface area contributed by atoms with Gasteiger partial charge in [0.25, 0.3) is 0 Å². The molecule has 1 aromatic carbocycles. The van der Waals surface area contributed by atoms with Gasteiger partial charge in [-0.05, 0) is 36.3 Å². The van der Waals surface area contributed by atoms with Crippen LogP contribution in [0, 0.1) is 6.92 Å². The minimum atomic E-state index is -0.768. The van der Waals surface area contributed by atoms with Crippen molar-refractivity contribution < 1.29 is 10.2 Å². The Labute approximate surface area is 96.9 Å². The Balaban J connectivity index is 2.61. The minimum Gasteiger partial charge on any atom is -0.507 e. The Bertz CT molecular complexity index is 423. The topological polar surface area (TPSA) is 40.5 Å². The predicted molar refractivity (Wildman–Crippen MR) is 64.7 cm³/mol. The first kappa shape index (κ1) is 11.5. The van der Waals surface area contributed by atoms with Gasteiger partial charge < -0.3 is 10.2 Å². The molecule has 0 heterocycles. The van der Waals surface area contributed by atoms with E-state index in [1.54, 1.807) is 0 Å². The first-order valence-electron chi connectivity index (χ1n) is 5.82. The van der Waals surface area contributed by atoms with Gasteiger partial charge >= 0.3 is 0 Å². The van der Waals surface area contributed by atoms with Crippen molar-refractivity contribution in [1.82, 2.24) is 0 Å². The van der Waals surface area contributed by atoms with Gasteiger partial charge in [-0.3, -0.25) is 0 Å². The van der Waals surface area contributed by atoms with E-state index in [1.807, 2.05) is 19.1 Å². The molecule has 0 amide bonds. The highest BCUT2D eigenvalue weighted by Crippen LogP contribution is 2.51. The van der Waals surface area contributed by atoms with E-state index < -0.39 is 5.60 Å². The number of hydrogen-bond acceptors (Lipinski definition) is 2. The van der Waals surface area contributed by atoms with E-state index in [-0.39, 0.29) is 11.2 Å². The van der Waals surface area contributed by atoms with Crippen molar-refractivity contribution in [2.75, 3.05) is 0 Å². The predicted octanol–water partition coefficient (Wildman–Crippen LogP) is 2.98. The third-order valence-electron chi connectivity index (χ3n) is 3.38. The van der Waals surface area contributed by atoms with Crippen LogP contribution in [0.5, 0.6) is 5.75 Å². The highest BCUT2D eigenvalue weighted by atomic mass is 16.3. The van der Waals surface area contributed by atoms with Gasteiger partial charge in [0.2, 0.25) is 0 Å². The van der Waals surface area contributed by atoms with Crippen molar-refractivity contribution in [2.45, 2.75) is 51.6 Å². The van der Waals surface area contributed by atoms with Crippen LogP contribution in [-0.2, 0) is 11.0 Å². The van der Waals surface area contributed by atoms with Crippen molar-refractivity contribution in [1.29, 1.82) is 0 Å². The summed E-state index contributed by atoms with van der Waals surface area (Å²) in [6.07, 6.45) is 1.52. The molecule has 0 saturated heterocycles. The van der Waals surface area contributed by atoms with Crippen molar-refractivity contribution in [3.63, 3.8) is 0 Å². The smallest absolute Gasteiger partial charge is 0.125 e. The van der Waals surface area contributed by atoms with Gasteiger partial charge in [-0.15, -0.1) is 0 Å². The Morgan fingerprint density at radius 2 is 1.75 bits per heavy atom. The third-order valence-corrected chi connectivity index (χ3v) is 3.38. The van der Waals surface area contributed by atoms with Crippen LogP contribution < -0.4 is 0 Å². The van der Waals surface area contributed by atoms with Gasteiger partial charge in [-0.1, -0.05) is 32.9 Å². The largest absolute Gasteiger partial charge is 0.507 e. The lowest BCUT2D eigenvalue weighted by Crippen LogP contribution is -2.15. The molecule has 16 heavy (non-hydrogen) atoms. The number of phenolic OH excluding ortho intramolecular Hbond substituents is 1. The molecular weight excluding hydrogens is 200 g/mol. The van der Waals surface area contributed by atoms with Crippen LogP contribution >= 0.6 is 0 Å². The summed E-state index contributed by atoms with van der Waals surface area (Å²) in [7, 11) is 0. The molecule has 0 aliphatic heterocycles. The SMILES string of the molecule is Cc1ccc(C(C)(C)C)c(O)c1C1(O)CC1. The molecule has 88 valence electrons. The van der Waals surface area contributed by atoms with E-state index in [2.05, 4.69) is 20.8 Å². The molecule has 2 rings (SSSR count). The van der Waals surface area contributed by atoms with E-state index >= 15 is 0 Å². The molecule has 2 nitrogen and oxygen atoms in total. The molecule has 0 bridgehead atoms. The summed E-state index contributed by atoms with van der Waals surface area (Å²) in [4.78, 5) is 0. The fraction of sp³-hybridized carbons (Fsp3) is 0.571. The summed E-state index contributed by atoms with van der Waals surface area (Å²) in [6, 6.07) is 3.95. The molecule has 0 radical (unpaired) electrons. The van der Waals surface area contributed by atoms with Gasteiger partial charge in [0.15, 0.2) is 0 Å². The average Bonchev–Trinajstić information content (AvgIpc) is 2.81. The van der Waals surface area contributed by atoms with Crippen molar-refractivity contribution in [3.8, 4) is 5.75 Å². The Morgan fingerprint density at radius 1 is 1.19 bits per heavy atom. The Hall–Kier alpha value is -1.02. The van der Waals surface area contributed by atoms with Gasteiger partial charge in [0, 0.05) is 5.56 Å². The maximum absolute atomic E-state index is 10.3. The average molecular weight is 220 g/mol. The second-order valence-electron chi connectivity index (χ2n) is 5.94. The van der Waals surface area contributed by atoms with E-state index in [1.165, 1.54) is 0 Å². The van der Waals surface area contributed by atoms with Crippen LogP contribution in [0.2, 0.25) is 0 Å². The number of phenols is 1. The van der Waals surface area contributed by atoms with E-state index in [0.717, 1.165) is 29.5 Å². The molecule has 0 aromatic heterocycles. The third kappa shape index (κ3) is 1.71. The van der Waals surface area contributed by atoms with E-state index in [0.29, 0.717) is 0 Å². The second-order valence-corrected chi connectivity index (χ2v) is 5.94. The monoisotopic (exact) mass is 220 g/mol. The molecule has 1 aliphatic carbocycles. The van der Waals surface area contributed by atoms with Gasteiger partial charge in [-0.2, -0.15) is 0 Å². The Kier molecular flexibility index (Phi) is 2.32. The molecule has 1 aliphatic rings. The molecule has 1 saturated carbocycles. The summed E-state index contributed by atoms with van der Waals surface area (Å²) in [5.41, 5.74) is 1.76. The van der Waals surface area contributed by atoms with Crippen LogP contribution in [0.4, 0.5) is 0 Å². The summed E-state index contributed by atoms with van der Waals surface area (Å²) in [5.74, 6) is 0.285. The number of hydrogen-bond donors (Lipinski definition) is 2. The summed E-state index contributed by atoms with van der Waals surface area (Å²) >= 11 is 0. The zero-order chi connectivity index (χ0) is 12.1. The van der Waals surface area contributed by atoms with E-state index in [9.17, 15) is 10.2 Å². The zero-order valence-corrected chi connectivity index (χ0v) is 10.5. The zero-order valence-electron chi connectivity index (χ0n) is 10.5. The lowest BCUT2D eigenvalue weighted by molar-refractivity contribution is 0.146. The summed E-state index contributed by atoms with van der Waals surface area (Å²) in [6.45, 7) is 8.14. The highest BCUT2D eigenvalue weighted by Gasteiger charge is 2.45. The fourth-order valence-corrected chi connectivity index (χ4v) is 2.25. The molecule has 1 aromatic rings. The molecule has 0 atom stereocenters. The number of aryl methyl sites for hydroxylation is 1.